The second kappa shape index (κ2) is 7.93. The predicted octanol–water partition coefficient (Wildman–Crippen LogP) is 1.94. The number of hydrogen-bond donors (Lipinski definition) is 2. The molecule has 0 bridgehead atoms. The zero-order chi connectivity index (χ0) is 16.1. The minimum Gasteiger partial charge on any atom is -0.354 e. The van der Waals surface area contributed by atoms with Crippen molar-refractivity contribution in [2.45, 2.75) is 45.2 Å². The molecule has 1 unspecified atom stereocenters. The summed E-state index contributed by atoms with van der Waals surface area (Å²) in [5, 5.41) is 6.53. The van der Waals surface area contributed by atoms with Gasteiger partial charge in [0.05, 0.1) is 0 Å². The van der Waals surface area contributed by atoms with Crippen LogP contribution in [0.3, 0.4) is 0 Å². The number of carbonyl (C=O) groups is 1. The lowest BCUT2D eigenvalue weighted by Gasteiger charge is -2.35. The molecule has 2 N–H and O–H groups in total. The van der Waals surface area contributed by atoms with E-state index in [4.69, 9.17) is 0 Å². The van der Waals surface area contributed by atoms with Crippen molar-refractivity contribution in [1.29, 1.82) is 0 Å². The molecule has 0 aliphatic carbocycles. The van der Waals surface area contributed by atoms with Crippen LogP contribution in [0.5, 0.6) is 0 Å². The van der Waals surface area contributed by atoms with E-state index in [1.807, 2.05) is 0 Å². The summed E-state index contributed by atoms with van der Waals surface area (Å²) in [4.78, 5) is 14.9. The third-order valence-electron chi connectivity index (χ3n) is 5.37. The first-order valence-electron chi connectivity index (χ1n) is 9.07. The third kappa shape index (κ3) is 4.12. The molecule has 1 amide bonds. The second-order valence-electron chi connectivity index (χ2n) is 6.82. The zero-order valence-corrected chi connectivity index (χ0v) is 14.2. The van der Waals surface area contributed by atoms with Gasteiger partial charge in [-0.1, -0.05) is 31.2 Å². The number of amides is 1. The average Bonchev–Trinajstić information content (AvgIpc) is 2.62. The van der Waals surface area contributed by atoms with E-state index in [1.165, 1.54) is 11.1 Å². The number of nitrogens with zero attached hydrogens (tertiary/aromatic N) is 1. The van der Waals surface area contributed by atoms with Gasteiger partial charge in [0.15, 0.2) is 0 Å². The fourth-order valence-electron chi connectivity index (χ4n) is 3.81. The van der Waals surface area contributed by atoms with Gasteiger partial charge in [0.1, 0.15) is 0 Å². The van der Waals surface area contributed by atoms with E-state index in [9.17, 15) is 4.79 Å². The van der Waals surface area contributed by atoms with E-state index >= 15 is 0 Å². The Labute approximate surface area is 139 Å². The lowest BCUT2D eigenvalue weighted by Crippen LogP contribution is -2.47. The van der Waals surface area contributed by atoms with Crippen LogP contribution in [0.15, 0.2) is 24.3 Å². The van der Waals surface area contributed by atoms with Gasteiger partial charge in [-0.05, 0) is 49.9 Å². The second-order valence-corrected chi connectivity index (χ2v) is 6.82. The number of carbonyl (C=O) groups excluding carboxylic acids is 1. The van der Waals surface area contributed by atoms with Crippen LogP contribution in [0.25, 0.3) is 0 Å². The van der Waals surface area contributed by atoms with Crippen molar-refractivity contribution in [1.82, 2.24) is 15.5 Å². The predicted molar refractivity (Wildman–Crippen MR) is 93.2 cm³/mol. The Bertz CT molecular complexity index is 525. The molecule has 1 fully saturated rings. The highest BCUT2D eigenvalue weighted by Crippen LogP contribution is 2.21. The fourth-order valence-corrected chi connectivity index (χ4v) is 3.81. The van der Waals surface area contributed by atoms with Crippen LogP contribution in [0, 0.1) is 5.92 Å². The lowest BCUT2D eigenvalue weighted by atomic mass is 9.96. The molecule has 1 atom stereocenters. The standard InChI is InChI=1S/C19H29N3O/c1-2-18(13-21-19(23)16-7-10-20-11-8-16)22-12-9-15-5-3-4-6-17(15)14-22/h3-6,16,18,20H,2,7-14H2,1H3,(H,21,23). The summed E-state index contributed by atoms with van der Waals surface area (Å²) in [6.45, 7) is 7.05. The number of benzene rings is 1. The topological polar surface area (TPSA) is 44.4 Å². The van der Waals surface area contributed by atoms with Gasteiger partial charge in [0.25, 0.3) is 0 Å². The summed E-state index contributed by atoms with van der Waals surface area (Å²) >= 11 is 0. The highest BCUT2D eigenvalue weighted by Gasteiger charge is 2.25. The minimum atomic E-state index is 0.204. The normalized spacial score (nSPS) is 20.7. The molecule has 0 saturated carbocycles. The Morgan fingerprint density at radius 2 is 2.04 bits per heavy atom. The molecule has 1 aromatic carbocycles. The highest BCUT2D eigenvalue weighted by atomic mass is 16.1. The molecule has 4 nitrogen and oxygen atoms in total. The monoisotopic (exact) mass is 315 g/mol. The minimum absolute atomic E-state index is 0.204. The molecule has 2 aliphatic heterocycles. The van der Waals surface area contributed by atoms with Gasteiger partial charge in [0, 0.05) is 31.6 Å². The Kier molecular flexibility index (Phi) is 5.68. The molecule has 2 aliphatic rings. The van der Waals surface area contributed by atoms with Crippen molar-refractivity contribution >= 4 is 5.91 Å². The maximum Gasteiger partial charge on any atom is 0.223 e. The first-order chi connectivity index (χ1) is 11.3. The summed E-state index contributed by atoms with van der Waals surface area (Å²) in [5.74, 6) is 0.457. The van der Waals surface area contributed by atoms with Crippen molar-refractivity contribution in [2.24, 2.45) is 5.92 Å². The van der Waals surface area contributed by atoms with Crippen LogP contribution in [0.1, 0.15) is 37.3 Å². The van der Waals surface area contributed by atoms with Crippen LogP contribution in [-0.2, 0) is 17.8 Å². The van der Waals surface area contributed by atoms with Crippen molar-refractivity contribution in [2.75, 3.05) is 26.2 Å². The van der Waals surface area contributed by atoms with Crippen molar-refractivity contribution in [3.8, 4) is 0 Å². The summed E-state index contributed by atoms with van der Waals surface area (Å²) in [6.07, 6.45) is 4.14. The van der Waals surface area contributed by atoms with Crippen molar-refractivity contribution < 1.29 is 4.79 Å². The zero-order valence-electron chi connectivity index (χ0n) is 14.2. The number of piperidine rings is 1. The highest BCUT2D eigenvalue weighted by molar-refractivity contribution is 5.78. The maximum atomic E-state index is 12.3. The summed E-state index contributed by atoms with van der Waals surface area (Å²) < 4.78 is 0. The Morgan fingerprint density at radius 3 is 2.78 bits per heavy atom. The summed E-state index contributed by atoms with van der Waals surface area (Å²) in [5.41, 5.74) is 2.93. The molecule has 3 rings (SSSR count). The van der Waals surface area contributed by atoms with E-state index in [0.29, 0.717) is 6.04 Å². The Hall–Kier alpha value is -1.39. The third-order valence-corrected chi connectivity index (χ3v) is 5.37. The molecule has 0 radical (unpaired) electrons. The number of rotatable bonds is 5. The van der Waals surface area contributed by atoms with Gasteiger partial charge in [-0.25, -0.2) is 0 Å². The maximum absolute atomic E-state index is 12.3. The van der Waals surface area contributed by atoms with E-state index in [-0.39, 0.29) is 11.8 Å². The molecule has 0 aromatic heterocycles. The van der Waals surface area contributed by atoms with E-state index in [0.717, 1.165) is 58.4 Å². The number of hydrogen-bond acceptors (Lipinski definition) is 3. The van der Waals surface area contributed by atoms with Gasteiger partial charge in [-0.2, -0.15) is 0 Å². The lowest BCUT2D eigenvalue weighted by molar-refractivity contribution is -0.126. The first kappa shape index (κ1) is 16.5. The molecule has 126 valence electrons. The molecule has 23 heavy (non-hydrogen) atoms. The van der Waals surface area contributed by atoms with Gasteiger partial charge in [0.2, 0.25) is 5.91 Å². The summed E-state index contributed by atoms with van der Waals surface area (Å²) in [7, 11) is 0. The molecule has 4 heteroatoms. The van der Waals surface area contributed by atoms with E-state index in [2.05, 4.69) is 46.7 Å². The quantitative estimate of drug-likeness (QED) is 0.873. The molecule has 2 heterocycles. The first-order valence-corrected chi connectivity index (χ1v) is 9.07. The van der Waals surface area contributed by atoms with Crippen LogP contribution < -0.4 is 10.6 Å². The van der Waals surface area contributed by atoms with Crippen LogP contribution in [0.2, 0.25) is 0 Å². The van der Waals surface area contributed by atoms with Crippen molar-refractivity contribution in [3.05, 3.63) is 35.4 Å². The van der Waals surface area contributed by atoms with Gasteiger partial charge in [-0.3, -0.25) is 9.69 Å². The fraction of sp³-hybridized carbons (Fsp3) is 0.632. The van der Waals surface area contributed by atoms with Gasteiger partial charge in [-0.15, -0.1) is 0 Å². The van der Waals surface area contributed by atoms with Crippen molar-refractivity contribution in [3.63, 3.8) is 0 Å². The average molecular weight is 315 g/mol. The van der Waals surface area contributed by atoms with E-state index < -0.39 is 0 Å². The summed E-state index contributed by atoms with van der Waals surface area (Å²) in [6, 6.07) is 9.18. The molecular formula is C19H29N3O. The molecule has 1 saturated heterocycles. The van der Waals surface area contributed by atoms with E-state index in [1.54, 1.807) is 0 Å². The largest absolute Gasteiger partial charge is 0.354 e. The molecule has 1 aromatic rings. The Balaban J connectivity index is 1.53. The molecular weight excluding hydrogens is 286 g/mol. The van der Waals surface area contributed by atoms with Gasteiger partial charge >= 0.3 is 0 Å². The number of nitrogens with one attached hydrogen (secondary N) is 2. The van der Waals surface area contributed by atoms with Crippen LogP contribution in [0.4, 0.5) is 0 Å². The SMILES string of the molecule is CCC(CNC(=O)C1CCNCC1)N1CCc2ccccc2C1. The smallest absolute Gasteiger partial charge is 0.223 e. The molecule has 0 spiro atoms. The van der Waals surface area contributed by atoms with Gasteiger partial charge < -0.3 is 10.6 Å². The number of fused-ring (bicyclic) bond motifs is 1. The van der Waals surface area contributed by atoms with Crippen LogP contribution in [-0.4, -0.2) is 43.0 Å². The Morgan fingerprint density at radius 1 is 1.30 bits per heavy atom. The van der Waals surface area contributed by atoms with Crippen LogP contribution >= 0.6 is 0 Å².